The second-order valence-corrected chi connectivity index (χ2v) is 7.87. The molecule has 0 spiro atoms. The van der Waals surface area contributed by atoms with E-state index in [0.717, 1.165) is 17.8 Å². The van der Waals surface area contributed by atoms with Crippen molar-refractivity contribution in [3.05, 3.63) is 52.1 Å². The van der Waals surface area contributed by atoms with Crippen LogP contribution in [0.3, 0.4) is 0 Å². The Hall–Kier alpha value is -2.40. The second kappa shape index (κ2) is 10.3. The van der Waals surface area contributed by atoms with Crippen LogP contribution in [0.1, 0.15) is 13.3 Å². The summed E-state index contributed by atoms with van der Waals surface area (Å²) < 4.78 is 87.2. The monoisotopic (exact) mass is 485 g/mol. The van der Waals surface area contributed by atoms with Crippen molar-refractivity contribution in [2.75, 3.05) is 13.7 Å². The molecule has 12 heteroatoms. The lowest BCUT2D eigenvalue weighted by atomic mass is 10.0. The van der Waals surface area contributed by atoms with Gasteiger partial charge in [-0.3, -0.25) is 9.59 Å². The van der Waals surface area contributed by atoms with Gasteiger partial charge in [0.1, 0.15) is 5.82 Å². The lowest BCUT2D eigenvalue weighted by molar-refractivity contribution is -0.140. The Morgan fingerprint density at radius 3 is 2.13 bits per heavy atom. The van der Waals surface area contributed by atoms with Gasteiger partial charge in [-0.05, 0) is 19.1 Å². The predicted octanol–water partition coefficient (Wildman–Crippen LogP) is 5.00. The van der Waals surface area contributed by atoms with Crippen LogP contribution in [0.15, 0.2) is 17.0 Å². The Kier molecular flexibility index (Phi) is 8.24. The molecule has 31 heavy (non-hydrogen) atoms. The van der Waals surface area contributed by atoms with Gasteiger partial charge in [0.05, 0.1) is 29.4 Å². The SMILES string of the molecule is COC(=O)CCNC(=O)[C@@H](C)Sc1cc(-c2c(F)c(F)c(F)c(F)c2F)c(F)cc1Cl. The van der Waals surface area contributed by atoms with Crippen LogP contribution in [0.4, 0.5) is 26.3 Å². The molecule has 2 rings (SSSR count). The molecule has 0 bridgehead atoms. The number of benzene rings is 2. The lowest BCUT2D eigenvalue weighted by Crippen LogP contribution is -2.32. The van der Waals surface area contributed by atoms with Crippen molar-refractivity contribution >= 4 is 35.2 Å². The molecule has 0 heterocycles. The summed E-state index contributed by atoms with van der Waals surface area (Å²) in [5.41, 5.74) is -2.37. The quantitative estimate of drug-likeness (QED) is 0.197. The van der Waals surface area contributed by atoms with E-state index in [-0.39, 0.29) is 22.9 Å². The minimum absolute atomic E-state index is 0.0244. The minimum Gasteiger partial charge on any atom is -0.469 e. The summed E-state index contributed by atoms with van der Waals surface area (Å²) in [6, 6.07) is 1.43. The molecule has 1 N–H and O–H groups in total. The average Bonchev–Trinajstić information content (AvgIpc) is 2.73. The third kappa shape index (κ3) is 5.45. The van der Waals surface area contributed by atoms with E-state index in [1.807, 2.05) is 0 Å². The third-order valence-electron chi connectivity index (χ3n) is 4.03. The van der Waals surface area contributed by atoms with Crippen molar-refractivity contribution < 1.29 is 40.7 Å². The molecular formula is C19H14ClF6NO3S. The number of amides is 1. The highest BCUT2D eigenvalue weighted by atomic mass is 35.5. The van der Waals surface area contributed by atoms with Gasteiger partial charge in [0.15, 0.2) is 23.3 Å². The largest absolute Gasteiger partial charge is 0.469 e. The highest BCUT2D eigenvalue weighted by molar-refractivity contribution is 8.00. The maximum Gasteiger partial charge on any atom is 0.307 e. The summed E-state index contributed by atoms with van der Waals surface area (Å²) in [5, 5.41) is 1.33. The smallest absolute Gasteiger partial charge is 0.307 e. The van der Waals surface area contributed by atoms with Crippen molar-refractivity contribution in [1.82, 2.24) is 5.32 Å². The number of halogens is 7. The van der Waals surface area contributed by atoms with Crippen LogP contribution < -0.4 is 5.32 Å². The first kappa shape index (κ1) is 24.9. The van der Waals surface area contributed by atoms with Crippen LogP contribution in [0.5, 0.6) is 0 Å². The number of rotatable bonds is 7. The van der Waals surface area contributed by atoms with Crippen LogP contribution >= 0.6 is 23.4 Å². The van der Waals surface area contributed by atoms with Crippen molar-refractivity contribution in [1.29, 1.82) is 0 Å². The number of methoxy groups -OCH3 is 1. The number of nitrogens with one attached hydrogen (secondary N) is 1. The molecule has 1 amide bonds. The van der Waals surface area contributed by atoms with Gasteiger partial charge in [-0.15, -0.1) is 11.8 Å². The zero-order valence-electron chi connectivity index (χ0n) is 15.9. The minimum atomic E-state index is -2.38. The highest BCUT2D eigenvalue weighted by Crippen LogP contribution is 2.39. The zero-order chi connectivity index (χ0) is 23.5. The molecule has 0 aromatic heterocycles. The van der Waals surface area contributed by atoms with E-state index in [9.17, 15) is 35.9 Å². The Balaban J connectivity index is 2.35. The van der Waals surface area contributed by atoms with Gasteiger partial charge in [0.25, 0.3) is 0 Å². The number of ether oxygens (including phenoxy) is 1. The molecule has 0 radical (unpaired) electrons. The van der Waals surface area contributed by atoms with E-state index in [4.69, 9.17) is 11.6 Å². The fraction of sp³-hybridized carbons (Fsp3) is 0.263. The van der Waals surface area contributed by atoms with E-state index in [1.54, 1.807) is 0 Å². The Bertz CT molecular complexity index is 1010. The molecule has 2 aromatic rings. The molecule has 1 atom stereocenters. The fourth-order valence-electron chi connectivity index (χ4n) is 2.43. The van der Waals surface area contributed by atoms with E-state index in [2.05, 4.69) is 10.1 Å². The van der Waals surface area contributed by atoms with E-state index < -0.39 is 63.2 Å². The molecule has 0 fully saturated rings. The van der Waals surface area contributed by atoms with Crippen LogP contribution in [0.2, 0.25) is 5.02 Å². The van der Waals surface area contributed by atoms with Crippen molar-refractivity contribution in [2.24, 2.45) is 0 Å². The Labute approximate surface area is 181 Å². The van der Waals surface area contributed by atoms with Crippen LogP contribution in [0.25, 0.3) is 11.1 Å². The number of carbonyl (C=O) groups is 2. The number of esters is 1. The van der Waals surface area contributed by atoms with Crippen LogP contribution in [0, 0.1) is 34.9 Å². The summed E-state index contributed by atoms with van der Waals surface area (Å²) in [6.07, 6.45) is -0.0820. The summed E-state index contributed by atoms with van der Waals surface area (Å²) in [5.74, 6) is -13.7. The van der Waals surface area contributed by atoms with Gasteiger partial charge in [-0.25, -0.2) is 26.3 Å². The first-order chi connectivity index (χ1) is 14.5. The summed E-state index contributed by atoms with van der Waals surface area (Å²) in [7, 11) is 1.18. The topological polar surface area (TPSA) is 55.4 Å². The highest BCUT2D eigenvalue weighted by Gasteiger charge is 2.29. The van der Waals surface area contributed by atoms with E-state index in [0.29, 0.717) is 6.07 Å². The Morgan fingerprint density at radius 1 is 1.03 bits per heavy atom. The second-order valence-electron chi connectivity index (χ2n) is 6.08. The van der Waals surface area contributed by atoms with Gasteiger partial charge in [-0.1, -0.05) is 11.6 Å². The van der Waals surface area contributed by atoms with Crippen molar-refractivity contribution in [3.8, 4) is 11.1 Å². The van der Waals surface area contributed by atoms with Gasteiger partial charge >= 0.3 is 5.97 Å². The maximum absolute atomic E-state index is 14.3. The van der Waals surface area contributed by atoms with Gasteiger partial charge in [0, 0.05) is 17.0 Å². The van der Waals surface area contributed by atoms with Crippen molar-refractivity contribution in [2.45, 2.75) is 23.5 Å². The lowest BCUT2D eigenvalue weighted by Gasteiger charge is -2.15. The normalized spacial score (nSPS) is 11.9. The molecule has 168 valence electrons. The summed E-state index contributed by atoms with van der Waals surface area (Å²) in [6.45, 7) is 1.40. The van der Waals surface area contributed by atoms with Crippen LogP contribution in [-0.4, -0.2) is 30.8 Å². The number of hydrogen-bond donors (Lipinski definition) is 1. The number of carbonyl (C=O) groups excluding carboxylic acids is 2. The molecule has 4 nitrogen and oxygen atoms in total. The first-order valence-corrected chi connectivity index (χ1v) is 9.77. The third-order valence-corrected chi connectivity index (χ3v) is 5.61. The summed E-state index contributed by atoms with van der Waals surface area (Å²) >= 11 is 6.67. The summed E-state index contributed by atoms with van der Waals surface area (Å²) in [4.78, 5) is 23.1. The number of hydrogen-bond acceptors (Lipinski definition) is 4. The van der Waals surface area contributed by atoms with E-state index >= 15 is 0 Å². The molecule has 0 aliphatic heterocycles. The first-order valence-electron chi connectivity index (χ1n) is 8.51. The van der Waals surface area contributed by atoms with Crippen molar-refractivity contribution in [3.63, 3.8) is 0 Å². The molecule has 0 unspecified atom stereocenters. The molecule has 2 aromatic carbocycles. The average molecular weight is 486 g/mol. The number of thioether (sulfide) groups is 1. The molecule has 0 saturated carbocycles. The molecular weight excluding hydrogens is 472 g/mol. The van der Waals surface area contributed by atoms with Crippen LogP contribution in [-0.2, 0) is 14.3 Å². The zero-order valence-corrected chi connectivity index (χ0v) is 17.5. The van der Waals surface area contributed by atoms with E-state index in [1.165, 1.54) is 14.0 Å². The maximum atomic E-state index is 14.3. The molecule has 0 aliphatic rings. The standard InChI is InChI=1S/C19H14ClF6NO3S/c1-7(19(29)27-4-3-12(28)30-2)31-11-5-8(10(21)6-9(11)20)13-14(22)16(24)18(26)17(25)15(13)23/h5-7H,3-4H2,1-2H3,(H,27,29)/t7-/m1/s1. The van der Waals surface area contributed by atoms with Gasteiger partial charge < -0.3 is 10.1 Å². The fourth-order valence-corrected chi connectivity index (χ4v) is 3.64. The van der Waals surface area contributed by atoms with Gasteiger partial charge in [-0.2, -0.15) is 0 Å². The predicted molar refractivity (Wildman–Crippen MR) is 102 cm³/mol. The van der Waals surface area contributed by atoms with Gasteiger partial charge in [0.2, 0.25) is 11.7 Å². The molecule has 0 aliphatic carbocycles. The molecule has 0 saturated heterocycles. The Morgan fingerprint density at radius 2 is 1.58 bits per heavy atom.